The van der Waals surface area contributed by atoms with Gasteiger partial charge in [-0.25, -0.2) is 4.98 Å². The second-order valence-corrected chi connectivity index (χ2v) is 3.91. The molecule has 2 rings (SSSR count). The van der Waals surface area contributed by atoms with Crippen molar-refractivity contribution in [1.29, 1.82) is 0 Å². The van der Waals surface area contributed by atoms with Crippen molar-refractivity contribution in [3.63, 3.8) is 0 Å². The number of H-pyrrole nitrogens is 1. The molecular weight excluding hydrogens is 232 g/mol. The number of benzene rings is 1. The summed E-state index contributed by atoms with van der Waals surface area (Å²) in [7, 11) is 0. The number of ether oxygens (including phenoxy) is 1. The lowest BCUT2D eigenvalue weighted by atomic mass is 10.1. The molecule has 0 aliphatic heterocycles. The van der Waals surface area contributed by atoms with Gasteiger partial charge in [0.2, 0.25) is 5.88 Å². The monoisotopic (exact) mass is 246 g/mol. The molecule has 1 heterocycles. The average Bonchev–Trinajstić information content (AvgIpc) is 2.36. The third kappa shape index (κ3) is 2.49. The van der Waals surface area contributed by atoms with Gasteiger partial charge in [0.15, 0.2) is 5.69 Å². The maximum absolute atomic E-state index is 11.3. The standard InChI is InChI=1S/C12H14N4O2/c1-7(13)8-2-4-9(5-3-8)18-12-10(14)11(17)15-6-16-12/h2-7H,13-14H2,1H3,(H,15,16,17). The minimum atomic E-state index is -0.424. The van der Waals surface area contributed by atoms with Gasteiger partial charge in [-0.2, -0.15) is 0 Å². The van der Waals surface area contributed by atoms with Crippen LogP contribution in [0.5, 0.6) is 11.6 Å². The van der Waals surface area contributed by atoms with Gasteiger partial charge in [0.05, 0.1) is 6.33 Å². The number of hydrogen-bond acceptors (Lipinski definition) is 5. The first-order valence-corrected chi connectivity index (χ1v) is 5.44. The second kappa shape index (κ2) is 4.89. The van der Waals surface area contributed by atoms with Crippen molar-refractivity contribution in [1.82, 2.24) is 9.97 Å². The number of aromatic amines is 1. The van der Waals surface area contributed by atoms with Crippen LogP contribution in [0.15, 0.2) is 35.4 Å². The van der Waals surface area contributed by atoms with Crippen molar-refractivity contribution >= 4 is 5.69 Å². The lowest BCUT2D eigenvalue weighted by Gasteiger charge is -2.08. The van der Waals surface area contributed by atoms with Crippen LogP contribution >= 0.6 is 0 Å². The van der Waals surface area contributed by atoms with Gasteiger partial charge in [-0.1, -0.05) is 12.1 Å². The van der Waals surface area contributed by atoms with Gasteiger partial charge in [-0.05, 0) is 24.6 Å². The molecule has 0 fully saturated rings. The molecule has 0 saturated carbocycles. The van der Waals surface area contributed by atoms with Gasteiger partial charge in [0.25, 0.3) is 5.56 Å². The summed E-state index contributed by atoms with van der Waals surface area (Å²) in [5, 5.41) is 0. The Hall–Kier alpha value is -2.34. The summed E-state index contributed by atoms with van der Waals surface area (Å²) in [6.45, 7) is 1.89. The molecule has 5 N–H and O–H groups in total. The molecular formula is C12H14N4O2. The molecule has 94 valence electrons. The zero-order valence-electron chi connectivity index (χ0n) is 9.88. The van der Waals surface area contributed by atoms with E-state index in [1.807, 2.05) is 19.1 Å². The van der Waals surface area contributed by atoms with E-state index in [1.165, 1.54) is 6.33 Å². The highest BCUT2D eigenvalue weighted by Gasteiger charge is 2.07. The molecule has 6 heteroatoms. The maximum atomic E-state index is 11.3. The highest BCUT2D eigenvalue weighted by molar-refractivity contribution is 5.47. The van der Waals surface area contributed by atoms with Gasteiger partial charge in [0, 0.05) is 6.04 Å². The quantitative estimate of drug-likeness (QED) is 0.753. The Kier molecular flexibility index (Phi) is 3.29. The summed E-state index contributed by atoms with van der Waals surface area (Å²) in [6.07, 6.45) is 1.24. The minimum Gasteiger partial charge on any atom is -0.437 e. The molecule has 0 aliphatic rings. The first-order chi connectivity index (χ1) is 8.58. The van der Waals surface area contributed by atoms with Crippen molar-refractivity contribution in [2.75, 3.05) is 5.73 Å². The molecule has 0 amide bonds. The molecule has 1 aromatic carbocycles. The summed E-state index contributed by atoms with van der Waals surface area (Å²) >= 11 is 0. The summed E-state index contributed by atoms with van der Waals surface area (Å²) < 4.78 is 5.43. The fraction of sp³-hybridized carbons (Fsp3) is 0.167. The van der Waals surface area contributed by atoms with Gasteiger partial charge in [-0.15, -0.1) is 0 Å². The number of aromatic nitrogens is 2. The Bertz CT molecular complexity index is 590. The third-order valence-electron chi connectivity index (χ3n) is 2.47. The molecule has 0 saturated heterocycles. The number of nitrogen functional groups attached to an aromatic ring is 1. The summed E-state index contributed by atoms with van der Waals surface area (Å²) in [6, 6.07) is 7.16. The lowest BCUT2D eigenvalue weighted by molar-refractivity contribution is 0.463. The molecule has 0 radical (unpaired) electrons. The molecule has 6 nitrogen and oxygen atoms in total. The smallest absolute Gasteiger partial charge is 0.277 e. The van der Waals surface area contributed by atoms with E-state index in [9.17, 15) is 4.79 Å². The third-order valence-corrected chi connectivity index (χ3v) is 2.47. The summed E-state index contributed by atoms with van der Waals surface area (Å²) in [5.41, 5.74) is 11.8. The topological polar surface area (TPSA) is 107 Å². The van der Waals surface area contributed by atoms with Gasteiger partial charge in [0.1, 0.15) is 5.75 Å². The zero-order valence-corrected chi connectivity index (χ0v) is 9.88. The van der Waals surface area contributed by atoms with Crippen molar-refractivity contribution in [2.45, 2.75) is 13.0 Å². The normalized spacial score (nSPS) is 12.1. The van der Waals surface area contributed by atoms with Crippen LogP contribution < -0.4 is 21.8 Å². The number of nitrogens with one attached hydrogen (secondary N) is 1. The predicted molar refractivity (Wildman–Crippen MR) is 68.4 cm³/mol. The Balaban J connectivity index is 2.24. The number of anilines is 1. The van der Waals surface area contributed by atoms with E-state index in [1.54, 1.807) is 12.1 Å². The fourth-order valence-electron chi connectivity index (χ4n) is 1.43. The summed E-state index contributed by atoms with van der Waals surface area (Å²) in [4.78, 5) is 17.5. The average molecular weight is 246 g/mol. The molecule has 0 bridgehead atoms. The van der Waals surface area contributed by atoms with Crippen LogP contribution in [-0.4, -0.2) is 9.97 Å². The lowest BCUT2D eigenvalue weighted by Crippen LogP contribution is -2.13. The largest absolute Gasteiger partial charge is 0.437 e. The highest BCUT2D eigenvalue weighted by Crippen LogP contribution is 2.23. The predicted octanol–water partition coefficient (Wildman–Crippen LogP) is 1.16. The Morgan fingerprint density at radius 3 is 2.61 bits per heavy atom. The zero-order chi connectivity index (χ0) is 13.1. The van der Waals surface area contributed by atoms with Crippen LogP contribution in [0.25, 0.3) is 0 Å². The number of hydrogen-bond donors (Lipinski definition) is 3. The van der Waals surface area contributed by atoms with E-state index in [4.69, 9.17) is 16.2 Å². The van der Waals surface area contributed by atoms with Crippen LogP contribution in [-0.2, 0) is 0 Å². The molecule has 1 aromatic heterocycles. The maximum Gasteiger partial charge on any atom is 0.277 e. The van der Waals surface area contributed by atoms with Crippen LogP contribution in [0.3, 0.4) is 0 Å². The van der Waals surface area contributed by atoms with E-state index in [2.05, 4.69) is 9.97 Å². The highest BCUT2D eigenvalue weighted by atomic mass is 16.5. The van der Waals surface area contributed by atoms with Gasteiger partial charge < -0.3 is 21.2 Å². The van der Waals surface area contributed by atoms with Gasteiger partial charge >= 0.3 is 0 Å². The molecule has 1 unspecified atom stereocenters. The molecule has 2 aromatic rings. The second-order valence-electron chi connectivity index (χ2n) is 3.91. The van der Waals surface area contributed by atoms with Crippen LogP contribution in [0, 0.1) is 0 Å². The number of nitrogens with zero attached hydrogens (tertiary/aromatic N) is 1. The van der Waals surface area contributed by atoms with E-state index in [0.717, 1.165) is 5.56 Å². The minimum absolute atomic E-state index is 0.0400. The van der Waals surface area contributed by atoms with E-state index >= 15 is 0 Å². The molecule has 1 atom stereocenters. The molecule has 0 aliphatic carbocycles. The molecule has 18 heavy (non-hydrogen) atoms. The van der Waals surface area contributed by atoms with Crippen LogP contribution in [0.2, 0.25) is 0 Å². The number of nitrogens with two attached hydrogens (primary N) is 2. The summed E-state index contributed by atoms with van der Waals surface area (Å²) in [5.74, 6) is 0.636. The number of rotatable bonds is 3. The van der Waals surface area contributed by atoms with E-state index in [0.29, 0.717) is 5.75 Å². The fourth-order valence-corrected chi connectivity index (χ4v) is 1.43. The van der Waals surface area contributed by atoms with Crippen LogP contribution in [0.4, 0.5) is 5.69 Å². The van der Waals surface area contributed by atoms with Crippen molar-refractivity contribution < 1.29 is 4.74 Å². The SMILES string of the molecule is CC(N)c1ccc(Oc2nc[nH]c(=O)c2N)cc1. The van der Waals surface area contributed by atoms with Crippen molar-refractivity contribution in [3.8, 4) is 11.6 Å². The Labute approximate surface area is 104 Å². The van der Waals surface area contributed by atoms with Gasteiger partial charge in [-0.3, -0.25) is 4.79 Å². The Morgan fingerprint density at radius 2 is 2.00 bits per heavy atom. The van der Waals surface area contributed by atoms with E-state index in [-0.39, 0.29) is 17.6 Å². The van der Waals surface area contributed by atoms with Crippen molar-refractivity contribution in [3.05, 3.63) is 46.5 Å². The van der Waals surface area contributed by atoms with E-state index < -0.39 is 5.56 Å². The Morgan fingerprint density at radius 1 is 1.33 bits per heavy atom. The van der Waals surface area contributed by atoms with Crippen LogP contribution in [0.1, 0.15) is 18.5 Å². The first kappa shape index (κ1) is 12.1. The molecule has 0 spiro atoms. The van der Waals surface area contributed by atoms with Crippen molar-refractivity contribution in [2.24, 2.45) is 5.73 Å². The first-order valence-electron chi connectivity index (χ1n) is 5.44.